The molecule has 0 radical (unpaired) electrons. The van der Waals surface area contributed by atoms with Crippen LogP contribution in [0.15, 0.2) is 4.99 Å². The average molecular weight is 370 g/mol. The van der Waals surface area contributed by atoms with Crippen LogP contribution < -0.4 is 10.6 Å². The van der Waals surface area contributed by atoms with Crippen LogP contribution in [0.4, 0.5) is 0 Å². The number of hydrogen-bond acceptors (Lipinski definition) is 4. The van der Waals surface area contributed by atoms with Gasteiger partial charge in [0.15, 0.2) is 5.96 Å². The first-order chi connectivity index (χ1) is 12.3. The molecule has 1 unspecified atom stereocenters. The van der Waals surface area contributed by atoms with E-state index in [0.29, 0.717) is 18.0 Å². The van der Waals surface area contributed by atoms with Crippen molar-refractivity contribution in [1.82, 2.24) is 20.4 Å². The summed E-state index contributed by atoms with van der Waals surface area (Å²) in [6.07, 6.45) is 3.46. The Hall–Kier alpha value is -1.34. The summed E-state index contributed by atoms with van der Waals surface area (Å²) in [4.78, 5) is 20.3. The van der Waals surface area contributed by atoms with E-state index in [9.17, 15) is 4.79 Å². The number of guanidine groups is 1. The van der Waals surface area contributed by atoms with Gasteiger partial charge in [-0.1, -0.05) is 0 Å². The van der Waals surface area contributed by atoms with Crippen LogP contribution in [0.25, 0.3) is 0 Å². The van der Waals surface area contributed by atoms with Gasteiger partial charge in [-0.3, -0.25) is 9.69 Å². The molecule has 1 amide bonds. The van der Waals surface area contributed by atoms with Gasteiger partial charge in [0.05, 0.1) is 6.10 Å². The fourth-order valence-corrected chi connectivity index (χ4v) is 3.06. The first kappa shape index (κ1) is 22.7. The minimum absolute atomic E-state index is 0.00555. The minimum atomic E-state index is -0.00555. The molecule has 0 aromatic carbocycles. The van der Waals surface area contributed by atoms with Crippen LogP contribution in [-0.4, -0.2) is 86.7 Å². The van der Waals surface area contributed by atoms with E-state index in [2.05, 4.69) is 48.2 Å². The molecule has 1 heterocycles. The molecular weight excluding hydrogens is 330 g/mol. The highest BCUT2D eigenvalue weighted by molar-refractivity contribution is 5.84. The predicted molar refractivity (Wildman–Crippen MR) is 108 cm³/mol. The van der Waals surface area contributed by atoms with Crippen LogP contribution in [0.3, 0.4) is 0 Å². The number of likely N-dealkylation sites (N-methyl/N-ethyl adjacent to an activating group) is 1. The van der Waals surface area contributed by atoms with Gasteiger partial charge in [-0.15, -0.1) is 0 Å². The van der Waals surface area contributed by atoms with Gasteiger partial charge in [0.1, 0.15) is 6.54 Å². The summed E-state index contributed by atoms with van der Waals surface area (Å²) in [7, 11) is 3.49. The summed E-state index contributed by atoms with van der Waals surface area (Å²) in [5.74, 6) is 0.686. The molecule has 7 nitrogen and oxygen atoms in total. The maximum absolute atomic E-state index is 11.8. The molecule has 1 saturated heterocycles. The van der Waals surface area contributed by atoms with Crippen molar-refractivity contribution in [3.05, 3.63) is 0 Å². The van der Waals surface area contributed by atoms with Crippen molar-refractivity contribution in [2.45, 2.75) is 65.1 Å². The largest absolute Gasteiger partial charge is 0.376 e. The van der Waals surface area contributed by atoms with Gasteiger partial charge in [0.25, 0.3) is 0 Å². The van der Waals surface area contributed by atoms with Crippen LogP contribution in [0.2, 0.25) is 0 Å². The molecule has 0 bridgehead atoms. The lowest BCUT2D eigenvalue weighted by atomic mass is 10.2. The van der Waals surface area contributed by atoms with Gasteiger partial charge in [0.2, 0.25) is 5.91 Å². The molecule has 1 rings (SSSR count). The molecule has 7 heteroatoms. The lowest BCUT2D eigenvalue weighted by Gasteiger charge is -2.30. The van der Waals surface area contributed by atoms with Gasteiger partial charge >= 0.3 is 0 Å². The zero-order chi connectivity index (χ0) is 19.5. The summed E-state index contributed by atoms with van der Waals surface area (Å²) in [6.45, 7) is 12.5. The zero-order valence-corrected chi connectivity index (χ0v) is 17.5. The number of nitrogens with zero attached hydrogens (tertiary/aromatic N) is 3. The highest BCUT2D eigenvalue weighted by atomic mass is 16.5. The maximum Gasteiger partial charge on any atom is 0.243 e. The number of amides is 1. The van der Waals surface area contributed by atoms with Crippen molar-refractivity contribution < 1.29 is 9.53 Å². The van der Waals surface area contributed by atoms with E-state index in [1.165, 1.54) is 0 Å². The number of carbonyl (C=O) groups excluding carboxylic acids is 1. The van der Waals surface area contributed by atoms with Gasteiger partial charge in [-0.05, 0) is 47.0 Å². The number of carbonyl (C=O) groups is 1. The van der Waals surface area contributed by atoms with Crippen LogP contribution >= 0.6 is 0 Å². The number of nitrogens with one attached hydrogen (secondary N) is 2. The highest BCUT2D eigenvalue weighted by Gasteiger charge is 2.16. The first-order valence-corrected chi connectivity index (χ1v) is 9.91. The summed E-state index contributed by atoms with van der Waals surface area (Å²) < 4.78 is 5.65. The fourth-order valence-electron chi connectivity index (χ4n) is 3.06. The number of hydrogen-bond donors (Lipinski definition) is 2. The lowest BCUT2D eigenvalue weighted by molar-refractivity contribution is -0.127. The molecule has 0 aliphatic carbocycles. The lowest BCUT2D eigenvalue weighted by Crippen LogP contribution is -2.43. The Kier molecular flexibility index (Phi) is 10.6. The van der Waals surface area contributed by atoms with Crippen molar-refractivity contribution in [3.63, 3.8) is 0 Å². The minimum Gasteiger partial charge on any atom is -0.376 e. The van der Waals surface area contributed by atoms with E-state index in [1.807, 2.05) is 0 Å². The van der Waals surface area contributed by atoms with Crippen molar-refractivity contribution in [2.75, 3.05) is 46.9 Å². The van der Waals surface area contributed by atoms with Crippen molar-refractivity contribution in [3.8, 4) is 0 Å². The number of ether oxygens (including phenoxy) is 1. The van der Waals surface area contributed by atoms with E-state index >= 15 is 0 Å². The molecule has 0 spiro atoms. The third kappa shape index (κ3) is 8.85. The summed E-state index contributed by atoms with van der Waals surface area (Å²) in [6, 6.07) is 1.08. The van der Waals surface area contributed by atoms with E-state index < -0.39 is 0 Å². The summed E-state index contributed by atoms with van der Waals surface area (Å²) in [5, 5.41) is 6.68. The number of rotatable bonds is 10. The topological polar surface area (TPSA) is 69.2 Å². The molecule has 0 aromatic rings. The van der Waals surface area contributed by atoms with E-state index in [4.69, 9.17) is 4.74 Å². The highest BCUT2D eigenvalue weighted by Crippen LogP contribution is 2.10. The Morgan fingerprint density at radius 2 is 1.88 bits per heavy atom. The Balaban J connectivity index is 2.46. The zero-order valence-electron chi connectivity index (χ0n) is 17.5. The Labute approximate surface area is 159 Å². The SMILES string of the molecule is CC(C)N(CCCNC(=NCC(=O)N(C)C)NCC1CCCO1)C(C)C. The quantitative estimate of drug-likeness (QED) is 0.345. The Morgan fingerprint density at radius 3 is 2.42 bits per heavy atom. The van der Waals surface area contributed by atoms with Gasteiger partial charge < -0.3 is 20.3 Å². The fraction of sp³-hybridized carbons (Fsp3) is 0.895. The van der Waals surface area contributed by atoms with Crippen molar-refractivity contribution >= 4 is 11.9 Å². The molecule has 1 aliphatic rings. The normalized spacial score (nSPS) is 18.0. The second-order valence-electron chi connectivity index (χ2n) is 7.67. The van der Waals surface area contributed by atoms with Gasteiger partial charge in [0, 0.05) is 52.4 Å². The van der Waals surface area contributed by atoms with Crippen LogP contribution in [-0.2, 0) is 9.53 Å². The van der Waals surface area contributed by atoms with Crippen LogP contribution in [0.1, 0.15) is 47.0 Å². The third-order valence-electron chi connectivity index (χ3n) is 4.60. The second-order valence-corrected chi connectivity index (χ2v) is 7.67. The molecule has 2 N–H and O–H groups in total. The third-order valence-corrected chi connectivity index (χ3v) is 4.60. The predicted octanol–water partition coefficient (Wildman–Crippen LogP) is 1.30. The smallest absolute Gasteiger partial charge is 0.243 e. The molecule has 1 atom stereocenters. The molecule has 1 fully saturated rings. The van der Waals surface area contributed by atoms with Crippen LogP contribution in [0.5, 0.6) is 0 Å². The second kappa shape index (κ2) is 12.1. The van der Waals surface area contributed by atoms with Crippen LogP contribution in [0, 0.1) is 0 Å². The maximum atomic E-state index is 11.8. The van der Waals surface area contributed by atoms with Crippen molar-refractivity contribution in [2.24, 2.45) is 4.99 Å². The van der Waals surface area contributed by atoms with E-state index in [1.54, 1.807) is 19.0 Å². The standard InChI is InChI=1S/C19H39N5O2/c1-15(2)24(16(3)4)11-8-10-20-19(22-14-18(25)23(5)6)21-13-17-9-7-12-26-17/h15-17H,7-14H2,1-6H3,(H2,20,21,22). The Bertz CT molecular complexity index is 424. The molecule has 1 aliphatic heterocycles. The molecule has 152 valence electrons. The summed E-state index contributed by atoms with van der Waals surface area (Å²) in [5.41, 5.74) is 0. The average Bonchev–Trinajstić information content (AvgIpc) is 3.08. The molecule has 26 heavy (non-hydrogen) atoms. The van der Waals surface area contributed by atoms with Crippen molar-refractivity contribution in [1.29, 1.82) is 0 Å². The molecule has 0 saturated carbocycles. The van der Waals surface area contributed by atoms with E-state index in [0.717, 1.165) is 45.5 Å². The monoisotopic (exact) mass is 369 g/mol. The van der Waals surface area contributed by atoms with E-state index in [-0.39, 0.29) is 18.6 Å². The molecular formula is C19H39N5O2. The van der Waals surface area contributed by atoms with Gasteiger partial charge in [-0.25, -0.2) is 4.99 Å². The Morgan fingerprint density at radius 1 is 1.19 bits per heavy atom. The molecule has 0 aromatic heterocycles. The first-order valence-electron chi connectivity index (χ1n) is 9.91. The van der Waals surface area contributed by atoms with Gasteiger partial charge in [-0.2, -0.15) is 0 Å². The number of aliphatic imine (C=N–C) groups is 1. The summed E-state index contributed by atoms with van der Waals surface area (Å²) >= 11 is 0.